The highest BCUT2D eigenvalue weighted by Crippen LogP contribution is 2.30. The number of rotatable bonds is 11. The molecular formula is C17H34N2O. The van der Waals surface area contributed by atoms with E-state index in [1.165, 1.54) is 45.2 Å². The first kappa shape index (κ1) is 16.3. The van der Waals surface area contributed by atoms with Crippen molar-refractivity contribution in [2.45, 2.75) is 83.3 Å². The van der Waals surface area contributed by atoms with E-state index in [0.29, 0.717) is 6.04 Å². The van der Waals surface area contributed by atoms with Gasteiger partial charge in [-0.1, -0.05) is 20.8 Å². The predicted molar refractivity (Wildman–Crippen MR) is 84.9 cm³/mol. The van der Waals surface area contributed by atoms with Crippen molar-refractivity contribution in [3.63, 3.8) is 0 Å². The number of aliphatic hydroxyl groups is 1. The molecule has 0 bridgehead atoms. The number of nitrogens with zero attached hydrogens (tertiary/aromatic N) is 1. The van der Waals surface area contributed by atoms with Gasteiger partial charge in [-0.05, 0) is 57.4 Å². The quantitative estimate of drug-likeness (QED) is 0.612. The van der Waals surface area contributed by atoms with Gasteiger partial charge in [0.15, 0.2) is 0 Å². The van der Waals surface area contributed by atoms with Crippen molar-refractivity contribution in [2.24, 2.45) is 5.92 Å². The summed E-state index contributed by atoms with van der Waals surface area (Å²) >= 11 is 0. The molecule has 1 atom stereocenters. The van der Waals surface area contributed by atoms with Crippen LogP contribution in [0.2, 0.25) is 0 Å². The van der Waals surface area contributed by atoms with Crippen LogP contribution in [-0.4, -0.2) is 47.3 Å². The van der Waals surface area contributed by atoms with Crippen molar-refractivity contribution in [3.05, 3.63) is 0 Å². The van der Waals surface area contributed by atoms with E-state index in [-0.39, 0.29) is 12.1 Å². The summed E-state index contributed by atoms with van der Waals surface area (Å²) in [6.45, 7) is 9.56. The third-order valence-electron chi connectivity index (χ3n) is 4.83. The SMILES string of the molecule is CCC(CO)(CCCN(CC(C)C)C1CC1)NC1CC1. The summed E-state index contributed by atoms with van der Waals surface area (Å²) in [6.07, 6.45) is 8.73. The lowest BCUT2D eigenvalue weighted by Crippen LogP contribution is -2.49. The van der Waals surface area contributed by atoms with Crippen LogP contribution in [0.1, 0.15) is 65.7 Å². The lowest BCUT2D eigenvalue weighted by molar-refractivity contribution is 0.134. The molecule has 0 heterocycles. The van der Waals surface area contributed by atoms with E-state index in [9.17, 15) is 5.11 Å². The fraction of sp³-hybridized carbons (Fsp3) is 1.00. The average molecular weight is 282 g/mol. The van der Waals surface area contributed by atoms with Gasteiger partial charge in [0.1, 0.15) is 0 Å². The third kappa shape index (κ3) is 5.01. The molecule has 3 heteroatoms. The van der Waals surface area contributed by atoms with Gasteiger partial charge in [-0.15, -0.1) is 0 Å². The summed E-state index contributed by atoms with van der Waals surface area (Å²) in [7, 11) is 0. The molecule has 2 N–H and O–H groups in total. The maximum absolute atomic E-state index is 9.81. The van der Waals surface area contributed by atoms with Crippen LogP contribution in [-0.2, 0) is 0 Å². The highest BCUT2D eigenvalue weighted by atomic mass is 16.3. The number of hydrogen-bond donors (Lipinski definition) is 2. The Morgan fingerprint density at radius 2 is 1.95 bits per heavy atom. The number of hydrogen-bond acceptors (Lipinski definition) is 3. The van der Waals surface area contributed by atoms with Crippen LogP contribution in [0.3, 0.4) is 0 Å². The van der Waals surface area contributed by atoms with E-state index in [4.69, 9.17) is 0 Å². The van der Waals surface area contributed by atoms with E-state index in [0.717, 1.165) is 24.8 Å². The lowest BCUT2D eigenvalue weighted by atomic mass is 9.90. The minimum absolute atomic E-state index is 0.0196. The molecule has 0 spiro atoms. The highest BCUT2D eigenvalue weighted by molar-refractivity contribution is 4.95. The van der Waals surface area contributed by atoms with Gasteiger partial charge < -0.3 is 15.3 Å². The van der Waals surface area contributed by atoms with Crippen LogP contribution >= 0.6 is 0 Å². The second-order valence-corrected chi connectivity index (χ2v) is 7.43. The summed E-state index contributed by atoms with van der Waals surface area (Å²) in [5, 5.41) is 13.5. The molecule has 0 aromatic heterocycles. The van der Waals surface area contributed by atoms with Crippen LogP contribution < -0.4 is 5.32 Å². The Kier molecular flexibility index (Phi) is 5.88. The van der Waals surface area contributed by atoms with Crippen molar-refractivity contribution >= 4 is 0 Å². The van der Waals surface area contributed by atoms with Crippen LogP contribution in [0.5, 0.6) is 0 Å². The molecule has 2 rings (SSSR count). The highest BCUT2D eigenvalue weighted by Gasteiger charge is 2.35. The fourth-order valence-electron chi connectivity index (χ4n) is 3.20. The Morgan fingerprint density at radius 3 is 2.40 bits per heavy atom. The Labute approximate surface area is 125 Å². The Bertz CT molecular complexity index is 281. The predicted octanol–water partition coefficient (Wildman–Crippen LogP) is 2.78. The van der Waals surface area contributed by atoms with E-state index in [1.54, 1.807) is 0 Å². The average Bonchev–Trinajstić information content (AvgIpc) is 3.28. The standard InChI is InChI=1S/C17H34N2O/c1-4-17(13-20,18-15-6-7-15)10-5-11-19(12-14(2)3)16-8-9-16/h14-16,18,20H,4-13H2,1-3H3. The molecule has 2 fully saturated rings. The minimum Gasteiger partial charge on any atom is -0.394 e. The van der Waals surface area contributed by atoms with Crippen LogP contribution in [0, 0.1) is 5.92 Å². The van der Waals surface area contributed by atoms with Gasteiger partial charge in [-0.25, -0.2) is 0 Å². The zero-order valence-corrected chi connectivity index (χ0v) is 13.7. The summed E-state index contributed by atoms with van der Waals surface area (Å²) in [5.74, 6) is 0.758. The van der Waals surface area contributed by atoms with Crippen LogP contribution in [0.4, 0.5) is 0 Å². The molecule has 20 heavy (non-hydrogen) atoms. The van der Waals surface area contributed by atoms with Gasteiger partial charge in [-0.2, -0.15) is 0 Å². The van der Waals surface area contributed by atoms with Gasteiger partial charge in [-0.3, -0.25) is 0 Å². The smallest absolute Gasteiger partial charge is 0.0613 e. The summed E-state index contributed by atoms with van der Waals surface area (Å²) in [4.78, 5) is 2.68. The normalized spacial score (nSPS) is 22.5. The first-order valence-electron chi connectivity index (χ1n) is 8.71. The van der Waals surface area contributed by atoms with E-state index >= 15 is 0 Å². The number of aliphatic hydroxyl groups excluding tert-OH is 1. The number of nitrogens with one attached hydrogen (secondary N) is 1. The first-order valence-corrected chi connectivity index (χ1v) is 8.71. The molecule has 0 aromatic rings. The maximum atomic E-state index is 9.81. The van der Waals surface area contributed by atoms with E-state index in [1.807, 2.05) is 0 Å². The Balaban J connectivity index is 1.75. The molecule has 0 aliphatic heterocycles. The van der Waals surface area contributed by atoms with Crippen molar-refractivity contribution < 1.29 is 5.11 Å². The van der Waals surface area contributed by atoms with Crippen LogP contribution in [0.25, 0.3) is 0 Å². The van der Waals surface area contributed by atoms with Crippen molar-refractivity contribution in [1.29, 1.82) is 0 Å². The van der Waals surface area contributed by atoms with Gasteiger partial charge in [0.25, 0.3) is 0 Å². The molecule has 2 aliphatic rings. The van der Waals surface area contributed by atoms with E-state index in [2.05, 4.69) is 31.0 Å². The second kappa shape index (κ2) is 7.24. The molecule has 0 saturated heterocycles. The minimum atomic E-state index is -0.0196. The monoisotopic (exact) mass is 282 g/mol. The van der Waals surface area contributed by atoms with Crippen molar-refractivity contribution in [3.8, 4) is 0 Å². The molecule has 1 unspecified atom stereocenters. The zero-order valence-electron chi connectivity index (χ0n) is 13.7. The van der Waals surface area contributed by atoms with Crippen molar-refractivity contribution in [1.82, 2.24) is 10.2 Å². The molecule has 3 nitrogen and oxygen atoms in total. The first-order chi connectivity index (χ1) is 9.58. The molecule has 0 aromatic carbocycles. The topological polar surface area (TPSA) is 35.5 Å². The molecule has 118 valence electrons. The largest absolute Gasteiger partial charge is 0.394 e. The summed E-state index contributed by atoms with van der Waals surface area (Å²) in [6, 6.07) is 1.54. The Hall–Kier alpha value is -0.120. The molecule has 0 radical (unpaired) electrons. The Morgan fingerprint density at radius 1 is 1.25 bits per heavy atom. The molecule has 2 saturated carbocycles. The van der Waals surface area contributed by atoms with Gasteiger partial charge in [0.05, 0.1) is 6.61 Å². The van der Waals surface area contributed by atoms with E-state index < -0.39 is 0 Å². The van der Waals surface area contributed by atoms with Gasteiger partial charge in [0, 0.05) is 24.2 Å². The third-order valence-corrected chi connectivity index (χ3v) is 4.83. The maximum Gasteiger partial charge on any atom is 0.0613 e. The molecule has 0 amide bonds. The summed E-state index contributed by atoms with van der Waals surface area (Å²) < 4.78 is 0. The van der Waals surface area contributed by atoms with Crippen LogP contribution in [0.15, 0.2) is 0 Å². The summed E-state index contributed by atoms with van der Waals surface area (Å²) in [5.41, 5.74) is -0.0196. The molecule has 2 aliphatic carbocycles. The lowest BCUT2D eigenvalue weighted by Gasteiger charge is -2.34. The molecular weight excluding hydrogens is 248 g/mol. The van der Waals surface area contributed by atoms with Crippen molar-refractivity contribution in [2.75, 3.05) is 19.7 Å². The fourth-order valence-corrected chi connectivity index (χ4v) is 3.20. The van der Waals surface area contributed by atoms with Gasteiger partial charge >= 0.3 is 0 Å². The zero-order chi connectivity index (χ0) is 14.6. The van der Waals surface area contributed by atoms with Gasteiger partial charge in [0.2, 0.25) is 0 Å². The second-order valence-electron chi connectivity index (χ2n) is 7.43.